The van der Waals surface area contributed by atoms with E-state index in [0.29, 0.717) is 28.7 Å². The summed E-state index contributed by atoms with van der Waals surface area (Å²) in [7, 11) is 4.57. The molecule has 1 amide bonds. The van der Waals surface area contributed by atoms with Crippen LogP contribution in [0.4, 0.5) is 6.01 Å². The van der Waals surface area contributed by atoms with E-state index in [-0.39, 0.29) is 6.01 Å². The van der Waals surface area contributed by atoms with Crippen LogP contribution < -0.4 is 19.5 Å². The van der Waals surface area contributed by atoms with Crippen molar-refractivity contribution >= 4 is 45.3 Å². The highest BCUT2D eigenvalue weighted by atomic mass is 79.9. The van der Waals surface area contributed by atoms with E-state index in [4.69, 9.17) is 18.6 Å². The van der Waals surface area contributed by atoms with Crippen molar-refractivity contribution in [2.45, 2.75) is 0 Å². The Labute approximate surface area is 173 Å². The molecule has 0 spiro atoms. The number of nitrogens with one attached hydrogen (secondary N) is 1. The van der Waals surface area contributed by atoms with Gasteiger partial charge in [-0.25, -0.2) is 0 Å². The topological polar surface area (TPSA) is 95.7 Å². The van der Waals surface area contributed by atoms with Crippen molar-refractivity contribution in [3.05, 3.63) is 39.7 Å². The van der Waals surface area contributed by atoms with Crippen LogP contribution in [-0.4, -0.2) is 37.4 Å². The van der Waals surface area contributed by atoms with Crippen LogP contribution in [0.2, 0.25) is 0 Å². The average molecular weight is 466 g/mol. The van der Waals surface area contributed by atoms with E-state index in [1.54, 1.807) is 18.2 Å². The second-order valence-electron chi connectivity index (χ2n) is 5.30. The minimum Gasteiger partial charge on any atom is -0.493 e. The standard InChI is InChI=1S/C18H16BrN3O5S/c1-24-11-8-10(9-12(25-2)16(11)26-3)4-7-15(23)20-18-22-21-17(27-18)13-5-6-14(19)28-13/h4-9H,1-3H3,(H,20,22,23). The Morgan fingerprint density at radius 3 is 2.43 bits per heavy atom. The van der Waals surface area contributed by atoms with Gasteiger partial charge in [0.1, 0.15) is 0 Å². The molecule has 8 nitrogen and oxygen atoms in total. The molecular weight excluding hydrogens is 450 g/mol. The van der Waals surface area contributed by atoms with E-state index in [9.17, 15) is 4.79 Å². The number of carbonyl (C=O) groups excluding carboxylic acids is 1. The van der Waals surface area contributed by atoms with Gasteiger partial charge in [-0.15, -0.1) is 16.4 Å². The predicted octanol–water partition coefficient (Wildman–Crippen LogP) is 4.24. The summed E-state index contributed by atoms with van der Waals surface area (Å²) in [5.41, 5.74) is 0.694. The summed E-state index contributed by atoms with van der Waals surface area (Å²) < 4.78 is 22.3. The Kier molecular flexibility index (Phi) is 6.32. The summed E-state index contributed by atoms with van der Waals surface area (Å²) in [6, 6.07) is 7.19. The van der Waals surface area contributed by atoms with Crippen LogP contribution in [0.25, 0.3) is 16.8 Å². The van der Waals surface area contributed by atoms with Gasteiger partial charge in [-0.2, -0.15) is 0 Å². The number of nitrogens with zero attached hydrogens (tertiary/aromatic N) is 2. The molecule has 0 atom stereocenters. The second-order valence-corrected chi connectivity index (χ2v) is 7.76. The fourth-order valence-corrected chi connectivity index (χ4v) is 3.63. The normalized spacial score (nSPS) is 10.9. The number of hydrogen-bond donors (Lipinski definition) is 1. The molecule has 0 saturated heterocycles. The van der Waals surface area contributed by atoms with E-state index in [1.165, 1.54) is 38.7 Å². The number of hydrogen-bond acceptors (Lipinski definition) is 8. The average Bonchev–Trinajstić information content (AvgIpc) is 3.34. The molecule has 0 bridgehead atoms. The molecular formula is C18H16BrN3O5S. The highest BCUT2D eigenvalue weighted by molar-refractivity contribution is 9.11. The number of methoxy groups -OCH3 is 3. The first-order valence-corrected chi connectivity index (χ1v) is 9.53. The molecule has 0 fully saturated rings. The maximum absolute atomic E-state index is 12.1. The lowest BCUT2D eigenvalue weighted by atomic mass is 10.1. The SMILES string of the molecule is COc1cc(C=CC(=O)Nc2nnc(-c3ccc(Br)s3)o2)cc(OC)c1OC. The molecule has 1 aromatic carbocycles. The van der Waals surface area contributed by atoms with E-state index in [2.05, 4.69) is 31.4 Å². The van der Waals surface area contributed by atoms with Crippen LogP contribution in [-0.2, 0) is 4.79 Å². The number of ether oxygens (including phenoxy) is 3. The molecule has 0 radical (unpaired) electrons. The quantitative estimate of drug-likeness (QED) is 0.521. The zero-order valence-electron chi connectivity index (χ0n) is 15.2. The van der Waals surface area contributed by atoms with Gasteiger partial charge in [0.25, 0.3) is 11.8 Å². The second kappa shape index (κ2) is 8.89. The molecule has 146 valence electrons. The third kappa shape index (κ3) is 4.52. The fourth-order valence-electron chi connectivity index (χ4n) is 2.32. The van der Waals surface area contributed by atoms with Gasteiger partial charge in [0.05, 0.1) is 30.0 Å². The lowest BCUT2D eigenvalue weighted by Gasteiger charge is -2.12. The van der Waals surface area contributed by atoms with E-state index in [1.807, 2.05) is 12.1 Å². The number of anilines is 1. The molecule has 10 heteroatoms. The number of rotatable bonds is 7. The third-order valence-corrected chi connectivity index (χ3v) is 5.16. The van der Waals surface area contributed by atoms with Crippen molar-refractivity contribution in [3.63, 3.8) is 0 Å². The summed E-state index contributed by atoms with van der Waals surface area (Å²) >= 11 is 4.82. The van der Waals surface area contributed by atoms with Crippen molar-refractivity contribution in [1.29, 1.82) is 0 Å². The summed E-state index contributed by atoms with van der Waals surface area (Å²) in [5.74, 6) is 1.37. The van der Waals surface area contributed by atoms with Gasteiger partial charge < -0.3 is 18.6 Å². The van der Waals surface area contributed by atoms with Crippen LogP contribution in [0, 0.1) is 0 Å². The Hall–Kier alpha value is -2.85. The first-order chi connectivity index (χ1) is 13.5. The zero-order valence-corrected chi connectivity index (χ0v) is 17.6. The minimum atomic E-state index is -0.420. The van der Waals surface area contributed by atoms with Gasteiger partial charge in [-0.05, 0) is 51.8 Å². The Morgan fingerprint density at radius 2 is 1.86 bits per heavy atom. The van der Waals surface area contributed by atoms with Gasteiger partial charge in [0.2, 0.25) is 5.75 Å². The number of halogens is 1. The van der Waals surface area contributed by atoms with E-state index in [0.717, 1.165) is 8.66 Å². The predicted molar refractivity (Wildman–Crippen MR) is 109 cm³/mol. The highest BCUT2D eigenvalue weighted by Gasteiger charge is 2.13. The van der Waals surface area contributed by atoms with Gasteiger partial charge in [0.15, 0.2) is 11.5 Å². The van der Waals surface area contributed by atoms with Gasteiger partial charge in [-0.1, -0.05) is 5.10 Å². The minimum absolute atomic E-state index is 0.0130. The molecule has 28 heavy (non-hydrogen) atoms. The first-order valence-electron chi connectivity index (χ1n) is 7.92. The number of benzene rings is 1. The molecule has 2 aromatic heterocycles. The maximum atomic E-state index is 12.1. The number of aromatic nitrogens is 2. The van der Waals surface area contributed by atoms with Crippen LogP contribution in [0.1, 0.15) is 5.56 Å². The van der Waals surface area contributed by atoms with Crippen LogP contribution in [0.5, 0.6) is 17.2 Å². The molecule has 0 aliphatic heterocycles. The van der Waals surface area contributed by atoms with E-state index < -0.39 is 5.91 Å². The number of thiophene rings is 1. The van der Waals surface area contributed by atoms with Gasteiger partial charge >= 0.3 is 6.01 Å². The molecule has 3 rings (SSSR count). The van der Waals surface area contributed by atoms with Crippen LogP contribution in [0.15, 0.2) is 38.5 Å². The van der Waals surface area contributed by atoms with Crippen molar-refractivity contribution in [2.24, 2.45) is 0 Å². The van der Waals surface area contributed by atoms with Crippen molar-refractivity contribution in [1.82, 2.24) is 10.2 Å². The van der Waals surface area contributed by atoms with Crippen LogP contribution >= 0.6 is 27.3 Å². The number of amides is 1. The molecule has 3 aromatic rings. The third-order valence-electron chi connectivity index (χ3n) is 3.55. The maximum Gasteiger partial charge on any atom is 0.322 e. The molecule has 1 N–H and O–H groups in total. The summed E-state index contributed by atoms with van der Waals surface area (Å²) in [4.78, 5) is 12.9. The lowest BCUT2D eigenvalue weighted by molar-refractivity contribution is -0.112. The smallest absolute Gasteiger partial charge is 0.322 e. The summed E-state index contributed by atoms with van der Waals surface area (Å²) in [5, 5.41) is 10.3. The molecule has 0 aliphatic rings. The zero-order chi connectivity index (χ0) is 20.1. The Morgan fingerprint density at radius 1 is 1.14 bits per heavy atom. The largest absolute Gasteiger partial charge is 0.493 e. The lowest BCUT2D eigenvalue weighted by Crippen LogP contribution is -2.07. The van der Waals surface area contributed by atoms with Crippen molar-refractivity contribution in [3.8, 4) is 28.0 Å². The Balaban J connectivity index is 1.71. The Bertz CT molecular complexity index is 989. The molecule has 0 saturated carbocycles. The van der Waals surface area contributed by atoms with E-state index >= 15 is 0 Å². The monoisotopic (exact) mass is 465 g/mol. The van der Waals surface area contributed by atoms with Gasteiger partial charge in [0, 0.05) is 6.08 Å². The van der Waals surface area contributed by atoms with Crippen LogP contribution in [0.3, 0.4) is 0 Å². The van der Waals surface area contributed by atoms with Crippen molar-refractivity contribution in [2.75, 3.05) is 26.6 Å². The number of carbonyl (C=O) groups is 1. The molecule has 2 heterocycles. The fraction of sp³-hybridized carbons (Fsp3) is 0.167. The summed E-state index contributed by atoms with van der Waals surface area (Å²) in [6.45, 7) is 0. The van der Waals surface area contributed by atoms with Gasteiger partial charge in [-0.3, -0.25) is 10.1 Å². The molecule has 0 aliphatic carbocycles. The molecule has 0 unspecified atom stereocenters. The summed E-state index contributed by atoms with van der Waals surface area (Å²) in [6.07, 6.45) is 2.94. The highest BCUT2D eigenvalue weighted by Crippen LogP contribution is 2.38. The van der Waals surface area contributed by atoms with Crippen molar-refractivity contribution < 1.29 is 23.4 Å². The first kappa shape index (κ1) is 19.9.